The van der Waals surface area contributed by atoms with Gasteiger partial charge in [0.25, 0.3) is 0 Å². The quantitative estimate of drug-likeness (QED) is 0.928. The average molecular weight is 317 g/mol. The molecule has 0 spiro atoms. The van der Waals surface area contributed by atoms with Gasteiger partial charge in [-0.05, 0) is 49.9 Å². The van der Waals surface area contributed by atoms with Gasteiger partial charge in [-0.15, -0.1) is 12.4 Å². The smallest absolute Gasteiger partial charge is 0.227 e. The molecule has 3 nitrogen and oxygen atoms in total. The van der Waals surface area contributed by atoms with Gasteiger partial charge in [0.15, 0.2) is 0 Å². The summed E-state index contributed by atoms with van der Waals surface area (Å²) in [6.07, 6.45) is 4.72. The highest BCUT2D eigenvalue weighted by atomic mass is 35.5. The average Bonchev–Trinajstić information content (AvgIpc) is 2.39. The molecule has 0 saturated carbocycles. The van der Waals surface area contributed by atoms with Crippen LogP contribution < -0.4 is 5.73 Å². The van der Waals surface area contributed by atoms with Gasteiger partial charge in [0.2, 0.25) is 5.91 Å². The lowest BCUT2D eigenvalue weighted by Crippen LogP contribution is -2.45. The summed E-state index contributed by atoms with van der Waals surface area (Å²) in [4.78, 5) is 14.4. The summed E-state index contributed by atoms with van der Waals surface area (Å²) in [5.74, 6) is 0.195. The van der Waals surface area contributed by atoms with E-state index in [1.54, 1.807) is 0 Å². The Labute approximate surface area is 131 Å². The summed E-state index contributed by atoms with van der Waals surface area (Å²) in [5.41, 5.74) is 6.62. The molecule has 112 valence electrons. The number of hydrogen-bond acceptors (Lipinski definition) is 2. The molecule has 1 aromatic rings. The topological polar surface area (TPSA) is 46.3 Å². The van der Waals surface area contributed by atoms with Crippen molar-refractivity contribution in [3.8, 4) is 0 Å². The third-order valence-corrected chi connectivity index (χ3v) is 3.93. The number of nitrogens with zero attached hydrogens (tertiary/aromatic N) is 1. The minimum Gasteiger partial charge on any atom is -0.339 e. The Morgan fingerprint density at radius 3 is 2.90 bits per heavy atom. The highest BCUT2D eigenvalue weighted by Crippen LogP contribution is 2.21. The summed E-state index contributed by atoms with van der Waals surface area (Å²) in [7, 11) is 0. The molecule has 0 aromatic heterocycles. The molecule has 1 aromatic carbocycles. The molecule has 2 rings (SSSR count). The Morgan fingerprint density at radius 2 is 2.20 bits per heavy atom. The van der Waals surface area contributed by atoms with Crippen LogP contribution >= 0.6 is 24.0 Å². The minimum atomic E-state index is 0. The van der Waals surface area contributed by atoms with Gasteiger partial charge in [-0.1, -0.05) is 23.7 Å². The molecular weight excluding hydrogens is 295 g/mol. The van der Waals surface area contributed by atoms with Crippen LogP contribution in [-0.4, -0.2) is 29.9 Å². The molecule has 1 unspecified atom stereocenters. The number of benzene rings is 1. The van der Waals surface area contributed by atoms with E-state index in [2.05, 4.69) is 0 Å². The van der Waals surface area contributed by atoms with Crippen molar-refractivity contribution in [3.63, 3.8) is 0 Å². The highest BCUT2D eigenvalue weighted by Gasteiger charge is 2.25. The maximum atomic E-state index is 12.4. The van der Waals surface area contributed by atoms with E-state index in [-0.39, 0.29) is 18.3 Å². The second-order valence-electron chi connectivity index (χ2n) is 5.12. The second-order valence-corrected chi connectivity index (χ2v) is 5.56. The van der Waals surface area contributed by atoms with Crippen LogP contribution in [0.5, 0.6) is 0 Å². The Bertz CT molecular complexity index is 438. The fourth-order valence-corrected chi connectivity index (χ4v) is 2.96. The molecule has 5 heteroatoms. The van der Waals surface area contributed by atoms with Crippen molar-refractivity contribution in [3.05, 3.63) is 34.9 Å². The second kappa shape index (κ2) is 8.50. The molecule has 1 saturated heterocycles. The van der Waals surface area contributed by atoms with Crippen molar-refractivity contribution in [1.29, 1.82) is 0 Å². The van der Waals surface area contributed by atoms with E-state index in [1.807, 2.05) is 29.2 Å². The van der Waals surface area contributed by atoms with Crippen LogP contribution in [0.4, 0.5) is 0 Å². The van der Waals surface area contributed by atoms with E-state index in [1.165, 1.54) is 6.42 Å². The number of nitrogens with two attached hydrogens (primary N) is 1. The first-order valence-corrected chi connectivity index (χ1v) is 7.32. The van der Waals surface area contributed by atoms with E-state index in [9.17, 15) is 4.79 Å². The Balaban J connectivity index is 0.00000200. The summed E-state index contributed by atoms with van der Waals surface area (Å²) < 4.78 is 0. The van der Waals surface area contributed by atoms with Crippen LogP contribution in [0.3, 0.4) is 0 Å². The number of carbonyl (C=O) groups excluding carboxylic acids is 1. The monoisotopic (exact) mass is 316 g/mol. The number of hydrogen-bond donors (Lipinski definition) is 1. The normalized spacial score (nSPS) is 18.5. The van der Waals surface area contributed by atoms with Gasteiger partial charge in [-0.2, -0.15) is 0 Å². The lowest BCUT2D eigenvalue weighted by Gasteiger charge is -2.35. The molecule has 0 aliphatic carbocycles. The SMILES string of the molecule is Cl.NCCC1CCCCN1C(=O)Cc1cccc(Cl)c1. The van der Waals surface area contributed by atoms with E-state index in [0.29, 0.717) is 24.0 Å². The fourth-order valence-electron chi connectivity index (χ4n) is 2.74. The maximum Gasteiger partial charge on any atom is 0.227 e. The maximum absolute atomic E-state index is 12.4. The molecule has 1 fully saturated rings. The van der Waals surface area contributed by atoms with Gasteiger partial charge < -0.3 is 10.6 Å². The molecule has 1 amide bonds. The molecule has 1 aliphatic rings. The number of halogens is 2. The Hall–Kier alpha value is -0.770. The standard InChI is InChI=1S/C15H21ClN2O.ClH/c16-13-5-3-4-12(10-13)11-15(19)18-9-2-1-6-14(18)7-8-17;/h3-5,10,14H,1-2,6-9,11,17H2;1H. The molecule has 1 atom stereocenters. The van der Waals surface area contributed by atoms with Gasteiger partial charge in [-0.25, -0.2) is 0 Å². The fraction of sp³-hybridized carbons (Fsp3) is 0.533. The largest absolute Gasteiger partial charge is 0.339 e. The number of likely N-dealkylation sites (tertiary alicyclic amines) is 1. The molecule has 20 heavy (non-hydrogen) atoms. The van der Waals surface area contributed by atoms with Crippen LogP contribution in [0.2, 0.25) is 5.02 Å². The van der Waals surface area contributed by atoms with E-state index >= 15 is 0 Å². The molecule has 1 heterocycles. The predicted octanol–water partition coefficient (Wildman–Crippen LogP) is 3.03. The Kier molecular flexibility index (Phi) is 7.35. The van der Waals surface area contributed by atoms with Gasteiger partial charge in [0.05, 0.1) is 6.42 Å². The number of rotatable bonds is 4. The zero-order valence-corrected chi connectivity index (χ0v) is 13.1. The molecule has 0 bridgehead atoms. The zero-order chi connectivity index (χ0) is 13.7. The third-order valence-electron chi connectivity index (χ3n) is 3.69. The first-order valence-electron chi connectivity index (χ1n) is 6.94. The summed E-state index contributed by atoms with van der Waals surface area (Å²) in [6, 6.07) is 7.85. The van der Waals surface area contributed by atoms with Crippen molar-refractivity contribution < 1.29 is 4.79 Å². The van der Waals surface area contributed by atoms with E-state index < -0.39 is 0 Å². The van der Waals surface area contributed by atoms with Crippen molar-refractivity contribution in [1.82, 2.24) is 4.90 Å². The third kappa shape index (κ3) is 4.65. The molecule has 2 N–H and O–H groups in total. The Morgan fingerprint density at radius 1 is 1.40 bits per heavy atom. The molecule has 0 radical (unpaired) electrons. The first-order chi connectivity index (χ1) is 9.20. The zero-order valence-electron chi connectivity index (χ0n) is 11.6. The van der Waals surface area contributed by atoms with Crippen molar-refractivity contribution in [2.75, 3.05) is 13.1 Å². The van der Waals surface area contributed by atoms with Crippen LogP contribution in [0.25, 0.3) is 0 Å². The lowest BCUT2D eigenvalue weighted by atomic mass is 9.98. The highest BCUT2D eigenvalue weighted by molar-refractivity contribution is 6.30. The van der Waals surface area contributed by atoms with Crippen LogP contribution in [0.15, 0.2) is 24.3 Å². The van der Waals surface area contributed by atoms with Crippen molar-refractivity contribution in [2.24, 2.45) is 5.73 Å². The first kappa shape index (κ1) is 17.3. The summed E-state index contributed by atoms with van der Waals surface area (Å²) in [6.45, 7) is 1.51. The number of amides is 1. The van der Waals surface area contributed by atoms with Gasteiger partial charge in [0.1, 0.15) is 0 Å². The molecular formula is C15H22Cl2N2O. The van der Waals surface area contributed by atoms with Gasteiger partial charge in [0, 0.05) is 17.6 Å². The lowest BCUT2D eigenvalue weighted by molar-refractivity contribution is -0.134. The van der Waals surface area contributed by atoms with Crippen LogP contribution in [0, 0.1) is 0 Å². The van der Waals surface area contributed by atoms with Crippen molar-refractivity contribution >= 4 is 29.9 Å². The summed E-state index contributed by atoms with van der Waals surface area (Å²) >= 11 is 5.95. The minimum absolute atomic E-state index is 0. The predicted molar refractivity (Wildman–Crippen MR) is 85.4 cm³/mol. The van der Waals surface area contributed by atoms with Crippen LogP contribution in [0.1, 0.15) is 31.2 Å². The number of carbonyl (C=O) groups is 1. The molecule has 1 aliphatic heterocycles. The van der Waals surface area contributed by atoms with Gasteiger partial charge >= 0.3 is 0 Å². The van der Waals surface area contributed by atoms with E-state index in [0.717, 1.165) is 31.4 Å². The van der Waals surface area contributed by atoms with Crippen LogP contribution in [-0.2, 0) is 11.2 Å². The number of piperidine rings is 1. The summed E-state index contributed by atoms with van der Waals surface area (Å²) in [5, 5.41) is 0.683. The van der Waals surface area contributed by atoms with Crippen molar-refractivity contribution in [2.45, 2.75) is 38.1 Å². The van der Waals surface area contributed by atoms with E-state index in [4.69, 9.17) is 17.3 Å². The van der Waals surface area contributed by atoms with Gasteiger partial charge in [-0.3, -0.25) is 4.79 Å².